The molecule has 0 saturated heterocycles. The van der Waals surface area contributed by atoms with E-state index >= 15 is 0 Å². The van der Waals surface area contributed by atoms with Crippen LogP contribution >= 0.6 is 0 Å². The largest absolute Gasteiger partial charge is 0.372 e. The molecule has 0 aliphatic rings. The lowest BCUT2D eigenvalue weighted by atomic mass is 10.0. The Morgan fingerprint density at radius 2 is 1.86 bits per heavy atom. The second-order valence-electron chi connectivity index (χ2n) is 10.3. The number of nitrogens with one attached hydrogen (secondary N) is 2. The number of benzene rings is 1. The molecule has 0 aliphatic carbocycles. The number of nitrogens with zero attached hydrogens (tertiary/aromatic N) is 7. The van der Waals surface area contributed by atoms with Gasteiger partial charge < -0.3 is 10.2 Å². The Balaban J connectivity index is 1.54. The molecule has 224 valence electrons. The molecule has 5 rings (SSSR count). The van der Waals surface area contributed by atoms with Gasteiger partial charge in [-0.3, -0.25) is 14.9 Å². The number of rotatable bonds is 12. The summed E-state index contributed by atoms with van der Waals surface area (Å²) >= 11 is 0. The number of sulfone groups is 1. The van der Waals surface area contributed by atoms with Crippen molar-refractivity contribution in [2.24, 2.45) is 0 Å². The van der Waals surface area contributed by atoms with Crippen LogP contribution in [0, 0.1) is 0 Å². The van der Waals surface area contributed by atoms with E-state index in [1.807, 2.05) is 56.3 Å². The minimum absolute atomic E-state index is 0.0909. The van der Waals surface area contributed by atoms with Gasteiger partial charge in [0.15, 0.2) is 15.5 Å². The number of carbonyl (C=O) groups is 1. The van der Waals surface area contributed by atoms with E-state index in [-0.39, 0.29) is 22.7 Å². The van der Waals surface area contributed by atoms with Gasteiger partial charge in [0.25, 0.3) is 5.91 Å². The van der Waals surface area contributed by atoms with Crippen LogP contribution in [0.3, 0.4) is 0 Å². The normalized spacial score (nSPS) is 12.4. The number of fused-ring (bicyclic) bond motifs is 1. The average Bonchev–Trinajstić information content (AvgIpc) is 3.71. The zero-order chi connectivity index (χ0) is 30.6. The molecule has 0 fully saturated rings. The summed E-state index contributed by atoms with van der Waals surface area (Å²) in [7, 11) is -2.03. The number of hydrogen-bond acceptors (Lipinski definition) is 9. The van der Waals surface area contributed by atoms with Crippen molar-refractivity contribution in [2.75, 3.05) is 25.2 Å². The van der Waals surface area contributed by atoms with Crippen molar-refractivity contribution < 1.29 is 13.2 Å². The lowest BCUT2D eigenvalue weighted by Gasteiger charge is -2.30. The molecule has 2 N–H and O–H groups in total. The molecule has 0 spiro atoms. The molecule has 0 aliphatic heterocycles. The van der Waals surface area contributed by atoms with Gasteiger partial charge in [-0.2, -0.15) is 14.7 Å². The van der Waals surface area contributed by atoms with E-state index in [2.05, 4.69) is 30.6 Å². The van der Waals surface area contributed by atoms with Gasteiger partial charge in [0.1, 0.15) is 17.0 Å². The molecule has 0 bridgehead atoms. The van der Waals surface area contributed by atoms with E-state index in [0.717, 1.165) is 28.8 Å². The third kappa shape index (κ3) is 6.12. The van der Waals surface area contributed by atoms with Gasteiger partial charge >= 0.3 is 0 Å². The van der Waals surface area contributed by atoms with E-state index < -0.39 is 9.84 Å². The van der Waals surface area contributed by atoms with E-state index in [1.54, 1.807) is 24.3 Å². The van der Waals surface area contributed by atoms with Crippen LogP contribution in [0.15, 0.2) is 66.1 Å². The second kappa shape index (κ2) is 12.7. The van der Waals surface area contributed by atoms with Gasteiger partial charge in [0.2, 0.25) is 5.82 Å². The summed E-state index contributed by atoms with van der Waals surface area (Å²) in [5.41, 5.74) is 4.31. The van der Waals surface area contributed by atoms with Crippen LogP contribution in [0.4, 0.5) is 5.82 Å². The quantitative estimate of drug-likeness (QED) is 0.213. The summed E-state index contributed by atoms with van der Waals surface area (Å²) < 4.78 is 27.8. The van der Waals surface area contributed by atoms with Crippen molar-refractivity contribution in [3.8, 4) is 22.4 Å². The summed E-state index contributed by atoms with van der Waals surface area (Å²) in [5.74, 6) is 0.272. The van der Waals surface area contributed by atoms with Crippen LogP contribution in [-0.4, -0.2) is 79.9 Å². The number of carbonyl (C=O) groups excluding carboxylic acids is 1. The number of aromatic nitrogens is 7. The van der Waals surface area contributed by atoms with Crippen molar-refractivity contribution in [2.45, 2.75) is 50.5 Å². The van der Waals surface area contributed by atoms with E-state index in [0.29, 0.717) is 43.0 Å². The molecule has 13 heteroatoms. The minimum atomic E-state index is -3.70. The number of amides is 1. The first kappa shape index (κ1) is 29.8. The fourth-order valence-corrected chi connectivity index (χ4v) is 6.47. The molecule has 1 amide bonds. The highest BCUT2D eigenvalue weighted by Crippen LogP contribution is 2.32. The van der Waals surface area contributed by atoms with Crippen molar-refractivity contribution in [1.29, 1.82) is 0 Å². The average molecular weight is 602 g/mol. The van der Waals surface area contributed by atoms with Crippen molar-refractivity contribution >= 4 is 27.2 Å². The Labute approximate surface area is 250 Å². The van der Waals surface area contributed by atoms with Crippen LogP contribution < -0.4 is 5.32 Å². The zero-order valence-electron chi connectivity index (χ0n) is 24.6. The fraction of sp³-hybridized carbons (Fsp3) is 0.333. The number of anilines is 1. The predicted molar refractivity (Wildman–Crippen MR) is 164 cm³/mol. The van der Waals surface area contributed by atoms with Gasteiger partial charge in [-0.1, -0.05) is 50.2 Å². The highest BCUT2D eigenvalue weighted by atomic mass is 32.2. The molecule has 43 heavy (non-hydrogen) atoms. The standard InChI is InChI=1S/C30H35N9O3S/c1-5-16-38(30(40)27-33-19-34-37-27)22(6-2)13-15-25-26(43(4,41)42)29(31-3)39-28(36-25)23(18-35-39)21-12-14-24(32-17-21)20-10-8-7-9-11-20/h7-12,14,17-19,22,31H,5-6,13,15-16H2,1-4H3,(H,33,34,37)/t22-/m1/s1. The fourth-order valence-electron chi connectivity index (χ4n) is 5.36. The number of hydrogen-bond donors (Lipinski definition) is 2. The molecule has 4 heterocycles. The molecule has 12 nitrogen and oxygen atoms in total. The highest BCUT2D eigenvalue weighted by Gasteiger charge is 2.28. The minimum Gasteiger partial charge on any atom is -0.372 e. The lowest BCUT2D eigenvalue weighted by molar-refractivity contribution is 0.0650. The predicted octanol–water partition coefficient (Wildman–Crippen LogP) is 4.29. The highest BCUT2D eigenvalue weighted by molar-refractivity contribution is 7.91. The van der Waals surface area contributed by atoms with E-state index in [9.17, 15) is 13.2 Å². The summed E-state index contributed by atoms with van der Waals surface area (Å²) in [6, 6.07) is 13.6. The Hall–Kier alpha value is -4.65. The molecule has 0 radical (unpaired) electrons. The van der Waals surface area contributed by atoms with E-state index in [1.165, 1.54) is 17.1 Å². The van der Waals surface area contributed by atoms with Crippen LogP contribution in [-0.2, 0) is 16.3 Å². The van der Waals surface area contributed by atoms with Gasteiger partial charge in [-0.15, -0.1) is 0 Å². The maximum absolute atomic E-state index is 13.2. The van der Waals surface area contributed by atoms with Crippen molar-refractivity contribution in [3.63, 3.8) is 0 Å². The van der Waals surface area contributed by atoms with Crippen LogP contribution in [0.2, 0.25) is 0 Å². The van der Waals surface area contributed by atoms with Crippen molar-refractivity contribution in [3.05, 3.63) is 72.7 Å². The SMILES string of the molecule is CCCN(C(=O)c1ncn[nH]1)[C@H](CC)CCc1nc2c(-c3ccc(-c4ccccc4)nc3)cnn2c(NC)c1S(C)(=O)=O. The first-order chi connectivity index (χ1) is 20.8. The molecule has 1 aromatic carbocycles. The third-order valence-corrected chi connectivity index (χ3v) is 8.57. The molecule has 4 aromatic heterocycles. The van der Waals surface area contributed by atoms with Crippen LogP contribution in [0.5, 0.6) is 0 Å². The number of aryl methyl sites for hydroxylation is 1. The Morgan fingerprint density at radius 3 is 2.47 bits per heavy atom. The summed E-state index contributed by atoms with van der Waals surface area (Å²) in [6.45, 7) is 4.55. The zero-order valence-corrected chi connectivity index (χ0v) is 25.5. The first-order valence-electron chi connectivity index (χ1n) is 14.2. The molecular formula is C30H35N9O3S. The Kier molecular flexibility index (Phi) is 8.81. The lowest BCUT2D eigenvalue weighted by Crippen LogP contribution is -2.41. The molecular weight excluding hydrogens is 566 g/mol. The third-order valence-electron chi connectivity index (χ3n) is 7.39. The Bertz CT molecular complexity index is 1800. The Morgan fingerprint density at radius 1 is 1.07 bits per heavy atom. The maximum Gasteiger partial charge on any atom is 0.291 e. The summed E-state index contributed by atoms with van der Waals surface area (Å²) in [4.78, 5) is 28.7. The monoisotopic (exact) mass is 601 g/mol. The number of H-pyrrole nitrogens is 1. The van der Waals surface area contributed by atoms with Gasteiger partial charge in [0, 0.05) is 48.8 Å². The van der Waals surface area contributed by atoms with Crippen LogP contribution in [0.25, 0.3) is 28.0 Å². The van der Waals surface area contributed by atoms with Crippen LogP contribution in [0.1, 0.15) is 49.4 Å². The number of aromatic amines is 1. The van der Waals surface area contributed by atoms with Gasteiger partial charge in [-0.25, -0.2) is 18.4 Å². The molecule has 1 atom stereocenters. The maximum atomic E-state index is 13.2. The van der Waals surface area contributed by atoms with Crippen molar-refractivity contribution in [1.82, 2.24) is 39.7 Å². The summed E-state index contributed by atoms with van der Waals surface area (Å²) in [5, 5.41) is 14.0. The topological polar surface area (TPSA) is 151 Å². The molecule has 0 unspecified atom stereocenters. The summed E-state index contributed by atoms with van der Waals surface area (Å²) in [6.07, 6.45) is 8.19. The number of pyridine rings is 1. The first-order valence-corrected chi connectivity index (χ1v) is 16.1. The molecule has 5 aromatic rings. The van der Waals surface area contributed by atoms with Gasteiger partial charge in [-0.05, 0) is 31.7 Å². The second-order valence-corrected chi connectivity index (χ2v) is 12.2. The molecule has 0 saturated carbocycles. The van der Waals surface area contributed by atoms with Gasteiger partial charge in [0.05, 0.1) is 17.6 Å². The van der Waals surface area contributed by atoms with E-state index in [4.69, 9.17) is 4.98 Å². The smallest absolute Gasteiger partial charge is 0.291 e.